The van der Waals surface area contributed by atoms with Gasteiger partial charge in [0.1, 0.15) is 0 Å². The quantitative estimate of drug-likeness (QED) is 0.475. The molecular formula is C6H11NO3. The number of β-amino-alcohol motifs (C(OH)–C–C–N with tert-alkyl or cyclic N) is 1. The van der Waals surface area contributed by atoms with E-state index in [1.54, 1.807) is 0 Å². The van der Waals surface area contributed by atoms with E-state index in [2.05, 4.69) is 5.32 Å². The van der Waals surface area contributed by atoms with Crippen LogP contribution in [0.25, 0.3) is 0 Å². The third kappa shape index (κ3) is 1.68. The molecule has 1 rings (SSSR count). The number of aliphatic hydroxyl groups is 1. The molecule has 0 unspecified atom stereocenters. The highest BCUT2D eigenvalue weighted by Gasteiger charge is 2.33. The van der Waals surface area contributed by atoms with Crippen LogP contribution < -0.4 is 5.32 Å². The maximum absolute atomic E-state index is 10.2. The zero-order chi connectivity index (χ0) is 7.61. The SMILES string of the molecule is O=C(O)C[C@@]1(O)CCNC1. The molecule has 0 radical (unpaired) electrons. The van der Waals surface area contributed by atoms with Crippen LogP contribution in [-0.2, 0) is 4.79 Å². The first-order valence-electron chi connectivity index (χ1n) is 3.27. The molecule has 1 aliphatic rings. The molecule has 1 fully saturated rings. The lowest BCUT2D eigenvalue weighted by Crippen LogP contribution is -2.33. The Kier molecular flexibility index (Phi) is 1.92. The van der Waals surface area contributed by atoms with Crippen LogP contribution in [0.4, 0.5) is 0 Å². The van der Waals surface area contributed by atoms with Gasteiger partial charge in [0.05, 0.1) is 12.0 Å². The van der Waals surface area contributed by atoms with Gasteiger partial charge >= 0.3 is 5.97 Å². The van der Waals surface area contributed by atoms with Crippen LogP contribution in [0, 0.1) is 0 Å². The van der Waals surface area contributed by atoms with Crippen LogP contribution in [-0.4, -0.2) is 34.9 Å². The van der Waals surface area contributed by atoms with E-state index >= 15 is 0 Å². The molecule has 4 nitrogen and oxygen atoms in total. The summed E-state index contributed by atoms with van der Waals surface area (Å²) in [6.07, 6.45) is 0.388. The van der Waals surface area contributed by atoms with Gasteiger partial charge in [-0.05, 0) is 13.0 Å². The fourth-order valence-corrected chi connectivity index (χ4v) is 1.16. The Morgan fingerprint density at radius 2 is 2.40 bits per heavy atom. The monoisotopic (exact) mass is 145 g/mol. The predicted octanol–water partition coefficient (Wildman–Crippen LogP) is -0.814. The summed E-state index contributed by atoms with van der Waals surface area (Å²) >= 11 is 0. The Balaban J connectivity index is 2.43. The zero-order valence-electron chi connectivity index (χ0n) is 5.63. The third-order valence-corrected chi connectivity index (χ3v) is 1.70. The van der Waals surface area contributed by atoms with E-state index in [1.165, 1.54) is 0 Å². The summed E-state index contributed by atoms with van der Waals surface area (Å²) in [5.41, 5.74) is -0.994. The van der Waals surface area contributed by atoms with Gasteiger partial charge in [0.25, 0.3) is 0 Å². The minimum absolute atomic E-state index is 0.153. The average molecular weight is 145 g/mol. The van der Waals surface area contributed by atoms with Crippen molar-refractivity contribution in [3.63, 3.8) is 0 Å². The normalized spacial score (nSPS) is 32.5. The van der Waals surface area contributed by atoms with Crippen molar-refractivity contribution in [2.75, 3.05) is 13.1 Å². The number of hydrogen-bond donors (Lipinski definition) is 3. The van der Waals surface area contributed by atoms with Crippen LogP contribution in [0.5, 0.6) is 0 Å². The number of nitrogens with one attached hydrogen (secondary N) is 1. The molecule has 0 aromatic rings. The largest absolute Gasteiger partial charge is 0.481 e. The van der Waals surface area contributed by atoms with Crippen LogP contribution in [0.3, 0.4) is 0 Å². The van der Waals surface area contributed by atoms with Gasteiger partial charge in [-0.1, -0.05) is 0 Å². The van der Waals surface area contributed by atoms with Crippen molar-refractivity contribution in [1.82, 2.24) is 5.32 Å². The Hall–Kier alpha value is -0.610. The van der Waals surface area contributed by atoms with Crippen molar-refractivity contribution in [3.8, 4) is 0 Å². The van der Waals surface area contributed by atoms with E-state index in [1.807, 2.05) is 0 Å². The number of carbonyl (C=O) groups is 1. The van der Waals surface area contributed by atoms with Crippen molar-refractivity contribution in [1.29, 1.82) is 0 Å². The first-order chi connectivity index (χ1) is 4.62. The van der Waals surface area contributed by atoms with Gasteiger partial charge in [-0.15, -0.1) is 0 Å². The first-order valence-corrected chi connectivity index (χ1v) is 3.27. The van der Waals surface area contributed by atoms with Crippen LogP contribution in [0.15, 0.2) is 0 Å². The molecule has 3 N–H and O–H groups in total. The molecule has 1 atom stereocenters. The molecule has 0 aliphatic carbocycles. The van der Waals surface area contributed by atoms with Crippen LogP contribution in [0.2, 0.25) is 0 Å². The van der Waals surface area contributed by atoms with Crippen molar-refractivity contribution in [3.05, 3.63) is 0 Å². The Bertz CT molecular complexity index is 140. The highest BCUT2D eigenvalue weighted by molar-refractivity contribution is 5.68. The molecule has 1 aliphatic heterocycles. The van der Waals surface area contributed by atoms with E-state index < -0.39 is 11.6 Å². The van der Waals surface area contributed by atoms with Gasteiger partial charge in [0, 0.05) is 6.54 Å². The molecule has 10 heavy (non-hydrogen) atoms. The van der Waals surface area contributed by atoms with Crippen molar-refractivity contribution < 1.29 is 15.0 Å². The Morgan fingerprint density at radius 3 is 2.80 bits per heavy atom. The molecule has 1 heterocycles. The summed E-state index contributed by atoms with van der Waals surface area (Å²) in [6, 6.07) is 0. The lowest BCUT2D eigenvalue weighted by atomic mass is 9.99. The summed E-state index contributed by atoms with van der Waals surface area (Å²) in [5.74, 6) is -0.939. The number of carboxylic acids is 1. The van der Waals surface area contributed by atoms with Crippen LogP contribution in [0.1, 0.15) is 12.8 Å². The minimum Gasteiger partial charge on any atom is -0.481 e. The molecule has 0 saturated carbocycles. The summed E-state index contributed by atoms with van der Waals surface area (Å²) in [6.45, 7) is 1.11. The van der Waals surface area contributed by atoms with E-state index in [9.17, 15) is 9.90 Å². The maximum atomic E-state index is 10.2. The smallest absolute Gasteiger partial charge is 0.306 e. The highest BCUT2D eigenvalue weighted by Crippen LogP contribution is 2.17. The standard InChI is InChI=1S/C6H11NO3/c8-5(9)3-6(10)1-2-7-4-6/h7,10H,1-4H2,(H,8,9)/t6-/m0/s1. The van der Waals surface area contributed by atoms with E-state index in [-0.39, 0.29) is 6.42 Å². The second-order valence-electron chi connectivity index (χ2n) is 2.72. The van der Waals surface area contributed by atoms with Gasteiger partial charge in [-0.25, -0.2) is 0 Å². The number of hydrogen-bond acceptors (Lipinski definition) is 3. The van der Waals surface area contributed by atoms with Crippen molar-refractivity contribution in [2.45, 2.75) is 18.4 Å². The van der Waals surface area contributed by atoms with Gasteiger partial charge in [0.15, 0.2) is 0 Å². The summed E-state index contributed by atoms with van der Waals surface area (Å²) in [7, 11) is 0. The fraction of sp³-hybridized carbons (Fsp3) is 0.833. The fourth-order valence-electron chi connectivity index (χ4n) is 1.16. The molecule has 4 heteroatoms. The lowest BCUT2D eigenvalue weighted by Gasteiger charge is -2.17. The Labute approximate surface area is 58.9 Å². The van der Waals surface area contributed by atoms with Gasteiger partial charge < -0.3 is 15.5 Å². The molecule has 1 saturated heterocycles. The summed E-state index contributed by atoms with van der Waals surface area (Å²) < 4.78 is 0. The van der Waals surface area contributed by atoms with Crippen molar-refractivity contribution >= 4 is 5.97 Å². The topological polar surface area (TPSA) is 69.6 Å². The van der Waals surface area contributed by atoms with E-state index in [0.717, 1.165) is 0 Å². The molecule has 0 spiro atoms. The van der Waals surface area contributed by atoms with E-state index in [0.29, 0.717) is 19.5 Å². The van der Waals surface area contributed by atoms with Gasteiger partial charge in [-0.2, -0.15) is 0 Å². The van der Waals surface area contributed by atoms with Crippen LogP contribution >= 0.6 is 0 Å². The molecule has 0 amide bonds. The second-order valence-corrected chi connectivity index (χ2v) is 2.72. The average Bonchev–Trinajstić information content (AvgIpc) is 2.12. The zero-order valence-corrected chi connectivity index (χ0v) is 5.63. The molecule has 0 aromatic carbocycles. The predicted molar refractivity (Wildman–Crippen MR) is 34.7 cm³/mol. The molecule has 58 valence electrons. The molecule has 0 aromatic heterocycles. The van der Waals surface area contributed by atoms with Gasteiger partial charge in [-0.3, -0.25) is 4.79 Å². The summed E-state index contributed by atoms with van der Waals surface area (Å²) in [5, 5.41) is 20.7. The number of rotatable bonds is 2. The number of aliphatic carboxylic acids is 1. The first kappa shape index (κ1) is 7.50. The Morgan fingerprint density at radius 1 is 1.70 bits per heavy atom. The second kappa shape index (κ2) is 2.56. The van der Waals surface area contributed by atoms with Gasteiger partial charge in [0.2, 0.25) is 0 Å². The van der Waals surface area contributed by atoms with Crippen molar-refractivity contribution in [2.24, 2.45) is 0 Å². The highest BCUT2D eigenvalue weighted by atomic mass is 16.4. The lowest BCUT2D eigenvalue weighted by molar-refractivity contribution is -0.141. The molecular weight excluding hydrogens is 134 g/mol. The van der Waals surface area contributed by atoms with E-state index in [4.69, 9.17) is 5.11 Å². The third-order valence-electron chi connectivity index (χ3n) is 1.70. The summed E-state index contributed by atoms with van der Waals surface area (Å²) in [4.78, 5) is 10.2. The molecule has 0 bridgehead atoms. The minimum atomic E-state index is -0.994. The number of carboxylic acid groups (broad SMARTS) is 1. The maximum Gasteiger partial charge on any atom is 0.306 e.